The van der Waals surface area contributed by atoms with Gasteiger partial charge in [-0.2, -0.15) is 5.26 Å². The Morgan fingerprint density at radius 3 is 2.52 bits per heavy atom. The molecule has 1 aromatic rings. The maximum absolute atomic E-state index is 12.1. The standard InChI is InChI=1S/C17H25N3O/c1-4-6-11-20(14(3)5-2)13-17(21)19-16-9-7-15(12-18)8-10-16/h7-10,14H,4-6,11,13H2,1-3H3,(H,19,21). The fourth-order valence-electron chi connectivity index (χ4n) is 2.09. The van der Waals surface area contributed by atoms with Gasteiger partial charge in [0.1, 0.15) is 0 Å². The molecule has 1 aromatic carbocycles. The number of carbonyl (C=O) groups is 1. The van der Waals surface area contributed by atoms with Crippen molar-refractivity contribution in [2.45, 2.75) is 46.1 Å². The van der Waals surface area contributed by atoms with E-state index in [9.17, 15) is 4.79 Å². The van der Waals surface area contributed by atoms with Gasteiger partial charge in [-0.15, -0.1) is 0 Å². The van der Waals surface area contributed by atoms with E-state index in [1.54, 1.807) is 24.3 Å². The van der Waals surface area contributed by atoms with Gasteiger partial charge < -0.3 is 5.32 Å². The van der Waals surface area contributed by atoms with Crippen molar-refractivity contribution in [3.8, 4) is 6.07 Å². The van der Waals surface area contributed by atoms with E-state index in [2.05, 4.69) is 37.1 Å². The highest BCUT2D eigenvalue weighted by Gasteiger charge is 2.15. The average molecular weight is 287 g/mol. The van der Waals surface area contributed by atoms with Gasteiger partial charge in [0.05, 0.1) is 18.2 Å². The molecule has 0 bridgehead atoms. The lowest BCUT2D eigenvalue weighted by molar-refractivity contribution is -0.117. The highest BCUT2D eigenvalue weighted by Crippen LogP contribution is 2.10. The van der Waals surface area contributed by atoms with Crippen molar-refractivity contribution in [3.63, 3.8) is 0 Å². The zero-order valence-corrected chi connectivity index (χ0v) is 13.2. The molecule has 0 aliphatic rings. The van der Waals surface area contributed by atoms with Gasteiger partial charge in [-0.3, -0.25) is 9.69 Å². The van der Waals surface area contributed by atoms with Gasteiger partial charge in [-0.25, -0.2) is 0 Å². The fourth-order valence-corrected chi connectivity index (χ4v) is 2.09. The van der Waals surface area contributed by atoms with Crippen LogP contribution in [0.1, 0.15) is 45.6 Å². The third-order valence-corrected chi connectivity index (χ3v) is 3.66. The number of benzene rings is 1. The molecule has 0 heterocycles. The lowest BCUT2D eigenvalue weighted by atomic mass is 10.2. The Hall–Kier alpha value is -1.86. The molecule has 0 aliphatic heterocycles. The van der Waals surface area contributed by atoms with Crippen LogP contribution in [0.5, 0.6) is 0 Å². The van der Waals surface area contributed by atoms with Crippen molar-refractivity contribution >= 4 is 11.6 Å². The second-order valence-electron chi connectivity index (χ2n) is 5.32. The molecule has 0 radical (unpaired) electrons. The highest BCUT2D eigenvalue weighted by molar-refractivity contribution is 5.92. The van der Waals surface area contributed by atoms with Crippen LogP contribution in [-0.2, 0) is 4.79 Å². The summed E-state index contributed by atoms with van der Waals surface area (Å²) in [6.45, 7) is 7.82. The molecule has 114 valence electrons. The normalized spacial score (nSPS) is 12.0. The van der Waals surface area contributed by atoms with Gasteiger partial charge in [0.2, 0.25) is 5.91 Å². The molecule has 1 N–H and O–H groups in total. The Labute approximate surface area is 127 Å². The molecular formula is C17H25N3O. The summed E-state index contributed by atoms with van der Waals surface area (Å²) in [4.78, 5) is 14.4. The largest absolute Gasteiger partial charge is 0.325 e. The molecule has 0 aromatic heterocycles. The van der Waals surface area contributed by atoms with Gasteiger partial charge in [0, 0.05) is 11.7 Å². The zero-order valence-electron chi connectivity index (χ0n) is 13.2. The smallest absolute Gasteiger partial charge is 0.238 e. The molecule has 0 saturated heterocycles. The van der Waals surface area contributed by atoms with E-state index in [1.807, 2.05) is 0 Å². The number of amides is 1. The summed E-state index contributed by atoms with van der Waals surface area (Å²) in [5, 5.41) is 11.6. The number of carbonyl (C=O) groups excluding carboxylic acids is 1. The summed E-state index contributed by atoms with van der Waals surface area (Å²) in [5.74, 6) is -0.00360. The first-order chi connectivity index (χ1) is 10.1. The second-order valence-corrected chi connectivity index (χ2v) is 5.32. The SMILES string of the molecule is CCCCN(CC(=O)Nc1ccc(C#N)cc1)C(C)CC. The first-order valence-corrected chi connectivity index (χ1v) is 7.64. The van der Waals surface area contributed by atoms with Crippen molar-refractivity contribution in [1.29, 1.82) is 5.26 Å². The minimum absolute atomic E-state index is 0.00360. The van der Waals surface area contributed by atoms with Crippen LogP contribution in [-0.4, -0.2) is 29.9 Å². The Bertz CT molecular complexity index is 476. The third kappa shape index (κ3) is 5.97. The van der Waals surface area contributed by atoms with Gasteiger partial charge in [0.25, 0.3) is 0 Å². The van der Waals surface area contributed by atoms with Crippen molar-refractivity contribution in [2.75, 3.05) is 18.4 Å². The van der Waals surface area contributed by atoms with Crippen LogP contribution in [0.2, 0.25) is 0 Å². The predicted molar refractivity (Wildman–Crippen MR) is 86.0 cm³/mol. The summed E-state index contributed by atoms with van der Waals surface area (Å²) >= 11 is 0. The number of hydrogen-bond acceptors (Lipinski definition) is 3. The predicted octanol–water partition coefficient (Wildman–Crippen LogP) is 3.40. The number of hydrogen-bond donors (Lipinski definition) is 1. The monoisotopic (exact) mass is 287 g/mol. The summed E-state index contributed by atoms with van der Waals surface area (Å²) in [6.07, 6.45) is 3.27. The second kappa shape index (κ2) is 9.15. The minimum Gasteiger partial charge on any atom is -0.325 e. The van der Waals surface area contributed by atoms with E-state index in [0.717, 1.165) is 31.5 Å². The van der Waals surface area contributed by atoms with Crippen LogP contribution < -0.4 is 5.32 Å². The molecule has 1 atom stereocenters. The minimum atomic E-state index is -0.00360. The van der Waals surface area contributed by atoms with Crippen molar-refractivity contribution in [2.24, 2.45) is 0 Å². The van der Waals surface area contributed by atoms with Crippen LogP contribution in [0.15, 0.2) is 24.3 Å². The van der Waals surface area contributed by atoms with Crippen LogP contribution in [0.3, 0.4) is 0 Å². The Morgan fingerprint density at radius 2 is 2.00 bits per heavy atom. The van der Waals surface area contributed by atoms with Crippen LogP contribution in [0.25, 0.3) is 0 Å². The van der Waals surface area contributed by atoms with E-state index in [0.29, 0.717) is 18.2 Å². The summed E-state index contributed by atoms with van der Waals surface area (Å²) in [5.41, 5.74) is 1.33. The lowest BCUT2D eigenvalue weighted by Crippen LogP contribution is -2.39. The molecule has 0 aliphatic carbocycles. The molecule has 0 fully saturated rings. The summed E-state index contributed by atoms with van der Waals surface area (Å²) in [6, 6.07) is 9.41. The fraction of sp³-hybridized carbons (Fsp3) is 0.529. The van der Waals surface area contributed by atoms with E-state index >= 15 is 0 Å². The molecule has 1 amide bonds. The van der Waals surface area contributed by atoms with E-state index in [1.165, 1.54) is 0 Å². The average Bonchev–Trinajstić information content (AvgIpc) is 2.51. The maximum atomic E-state index is 12.1. The quantitative estimate of drug-likeness (QED) is 0.797. The molecule has 4 nitrogen and oxygen atoms in total. The number of nitrogens with zero attached hydrogens (tertiary/aromatic N) is 2. The van der Waals surface area contributed by atoms with Crippen LogP contribution in [0.4, 0.5) is 5.69 Å². The highest BCUT2D eigenvalue weighted by atomic mass is 16.2. The Kier molecular flexibility index (Phi) is 7.49. The molecule has 0 spiro atoms. The van der Waals surface area contributed by atoms with E-state index < -0.39 is 0 Å². The molecule has 0 saturated carbocycles. The first-order valence-electron chi connectivity index (χ1n) is 7.64. The summed E-state index contributed by atoms with van der Waals surface area (Å²) in [7, 11) is 0. The molecule has 21 heavy (non-hydrogen) atoms. The number of anilines is 1. The Morgan fingerprint density at radius 1 is 1.33 bits per heavy atom. The van der Waals surface area contributed by atoms with Gasteiger partial charge in [-0.1, -0.05) is 20.3 Å². The molecule has 1 rings (SSSR count). The lowest BCUT2D eigenvalue weighted by Gasteiger charge is -2.27. The maximum Gasteiger partial charge on any atom is 0.238 e. The zero-order chi connectivity index (χ0) is 15.7. The van der Waals surface area contributed by atoms with Crippen molar-refractivity contribution < 1.29 is 4.79 Å². The van der Waals surface area contributed by atoms with Crippen molar-refractivity contribution in [3.05, 3.63) is 29.8 Å². The summed E-state index contributed by atoms with van der Waals surface area (Å²) < 4.78 is 0. The van der Waals surface area contributed by atoms with Gasteiger partial charge >= 0.3 is 0 Å². The van der Waals surface area contributed by atoms with Gasteiger partial charge in [0.15, 0.2) is 0 Å². The van der Waals surface area contributed by atoms with Gasteiger partial charge in [-0.05, 0) is 50.6 Å². The Balaban J connectivity index is 2.57. The number of nitriles is 1. The number of unbranched alkanes of at least 4 members (excludes halogenated alkanes) is 1. The van der Waals surface area contributed by atoms with Crippen molar-refractivity contribution in [1.82, 2.24) is 4.90 Å². The van der Waals surface area contributed by atoms with Crippen LogP contribution >= 0.6 is 0 Å². The first kappa shape index (κ1) is 17.2. The third-order valence-electron chi connectivity index (χ3n) is 3.66. The molecule has 1 unspecified atom stereocenters. The molecular weight excluding hydrogens is 262 g/mol. The van der Waals surface area contributed by atoms with E-state index in [4.69, 9.17) is 5.26 Å². The molecule has 4 heteroatoms. The topological polar surface area (TPSA) is 56.1 Å². The van der Waals surface area contributed by atoms with E-state index in [-0.39, 0.29) is 5.91 Å². The van der Waals surface area contributed by atoms with Crippen LogP contribution in [0, 0.1) is 11.3 Å². The number of rotatable bonds is 8. The number of nitrogens with one attached hydrogen (secondary N) is 1.